The number of hydrogen-bond donors (Lipinski definition) is 1. The first-order valence-electron chi connectivity index (χ1n) is 6.14. The fourth-order valence-corrected chi connectivity index (χ4v) is 1.52. The number of halogens is 1. The highest BCUT2D eigenvalue weighted by Gasteiger charge is 2.19. The number of carbonyl (C=O) groups is 1. The third-order valence-electron chi connectivity index (χ3n) is 3.15. The van der Waals surface area contributed by atoms with Crippen molar-refractivity contribution in [3.8, 4) is 0 Å². The summed E-state index contributed by atoms with van der Waals surface area (Å²) in [5, 5.41) is 2.37. The average Bonchev–Trinajstić information content (AvgIpc) is 2.32. The maximum absolute atomic E-state index is 13.8. The smallest absolute Gasteiger partial charge is 0.411 e. The van der Waals surface area contributed by atoms with Gasteiger partial charge in [-0.15, -0.1) is 0 Å². The van der Waals surface area contributed by atoms with Crippen LogP contribution in [0.15, 0.2) is 18.2 Å². The van der Waals surface area contributed by atoms with Gasteiger partial charge in [0, 0.05) is 0 Å². The van der Waals surface area contributed by atoms with E-state index < -0.39 is 11.9 Å². The summed E-state index contributed by atoms with van der Waals surface area (Å²) in [6.07, 6.45) is 0.274. The number of hydrogen-bond acceptors (Lipinski definition) is 2. The molecule has 1 N–H and O–H groups in total. The highest BCUT2D eigenvalue weighted by atomic mass is 19.1. The van der Waals surface area contributed by atoms with Crippen LogP contribution in [-0.2, 0) is 10.2 Å². The zero-order valence-electron chi connectivity index (χ0n) is 11.3. The molecule has 0 aromatic heterocycles. The van der Waals surface area contributed by atoms with Crippen molar-refractivity contribution >= 4 is 11.8 Å². The molecule has 1 rings (SSSR count). The van der Waals surface area contributed by atoms with Crippen LogP contribution in [0, 0.1) is 5.82 Å². The predicted octanol–water partition coefficient (Wildman–Crippen LogP) is 4.08. The SMILES string of the molecule is CCOC(=O)Nc1ccc(C(C)(C)CC)cc1F. The van der Waals surface area contributed by atoms with Gasteiger partial charge in [-0.3, -0.25) is 5.32 Å². The van der Waals surface area contributed by atoms with Gasteiger partial charge in [0.25, 0.3) is 0 Å². The summed E-state index contributed by atoms with van der Waals surface area (Å²) < 4.78 is 18.5. The predicted molar refractivity (Wildman–Crippen MR) is 70.4 cm³/mol. The number of rotatable bonds is 4. The van der Waals surface area contributed by atoms with Gasteiger partial charge in [0.15, 0.2) is 0 Å². The first-order valence-corrected chi connectivity index (χ1v) is 6.14. The summed E-state index contributed by atoms with van der Waals surface area (Å²) in [7, 11) is 0. The fourth-order valence-electron chi connectivity index (χ4n) is 1.52. The van der Waals surface area contributed by atoms with Gasteiger partial charge < -0.3 is 4.74 Å². The van der Waals surface area contributed by atoms with Crippen molar-refractivity contribution in [2.45, 2.75) is 39.5 Å². The van der Waals surface area contributed by atoms with E-state index in [1.807, 2.05) is 6.07 Å². The van der Waals surface area contributed by atoms with Gasteiger partial charge >= 0.3 is 6.09 Å². The second kappa shape index (κ2) is 5.85. The zero-order chi connectivity index (χ0) is 13.8. The van der Waals surface area contributed by atoms with Crippen LogP contribution in [-0.4, -0.2) is 12.7 Å². The topological polar surface area (TPSA) is 38.3 Å². The molecule has 0 radical (unpaired) electrons. The van der Waals surface area contributed by atoms with Crippen LogP contribution in [0.25, 0.3) is 0 Å². The molecule has 0 aliphatic heterocycles. The van der Waals surface area contributed by atoms with Crippen molar-refractivity contribution in [1.29, 1.82) is 0 Å². The minimum atomic E-state index is -0.640. The first-order chi connectivity index (χ1) is 8.40. The average molecular weight is 253 g/mol. The van der Waals surface area contributed by atoms with E-state index in [1.165, 1.54) is 6.07 Å². The summed E-state index contributed by atoms with van der Waals surface area (Å²) in [5.74, 6) is -0.443. The Morgan fingerprint density at radius 1 is 1.39 bits per heavy atom. The van der Waals surface area contributed by atoms with Crippen LogP contribution in [0.1, 0.15) is 39.7 Å². The van der Waals surface area contributed by atoms with Crippen molar-refractivity contribution in [3.63, 3.8) is 0 Å². The molecule has 1 aromatic rings. The van der Waals surface area contributed by atoms with Gasteiger partial charge in [-0.05, 0) is 36.5 Å². The molecular formula is C14H20FNO2. The van der Waals surface area contributed by atoms with E-state index in [0.29, 0.717) is 0 Å². The lowest BCUT2D eigenvalue weighted by molar-refractivity contribution is 0.168. The normalized spacial score (nSPS) is 11.2. The molecule has 0 bridgehead atoms. The Labute approximate surface area is 107 Å². The number of carbonyl (C=O) groups excluding carboxylic acids is 1. The largest absolute Gasteiger partial charge is 0.450 e. The lowest BCUT2D eigenvalue weighted by Crippen LogP contribution is -2.17. The van der Waals surface area contributed by atoms with E-state index in [0.717, 1.165) is 12.0 Å². The standard InChI is InChI=1S/C14H20FNO2/c1-5-14(3,4)10-7-8-12(11(15)9-10)16-13(17)18-6-2/h7-9H,5-6H2,1-4H3,(H,16,17). The van der Waals surface area contributed by atoms with Crippen molar-refractivity contribution in [3.05, 3.63) is 29.6 Å². The number of amides is 1. The van der Waals surface area contributed by atoms with Crippen LogP contribution in [0.4, 0.5) is 14.9 Å². The minimum Gasteiger partial charge on any atom is -0.450 e. The molecule has 0 aliphatic carbocycles. The van der Waals surface area contributed by atoms with Crippen LogP contribution in [0.3, 0.4) is 0 Å². The van der Waals surface area contributed by atoms with E-state index in [2.05, 4.69) is 26.1 Å². The monoisotopic (exact) mass is 253 g/mol. The summed E-state index contributed by atoms with van der Waals surface area (Å²) in [5.41, 5.74) is 0.976. The summed E-state index contributed by atoms with van der Waals surface area (Å²) in [6, 6.07) is 4.86. The molecule has 100 valence electrons. The maximum Gasteiger partial charge on any atom is 0.411 e. The Morgan fingerprint density at radius 3 is 2.56 bits per heavy atom. The lowest BCUT2D eigenvalue weighted by Gasteiger charge is -2.23. The Balaban J connectivity index is 2.90. The van der Waals surface area contributed by atoms with Gasteiger partial charge in [0.1, 0.15) is 5.82 Å². The van der Waals surface area contributed by atoms with Crippen LogP contribution < -0.4 is 5.32 Å². The molecule has 1 aromatic carbocycles. The molecule has 1 amide bonds. The molecule has 0 heterocycles. The summed E-state index contributed by atoms with van der Waals surface area (Å²) in [6.45, 7) is 8.13. The molecule has 0 unspecified atom stereocenters. The highest BCUT2D eigenvalue weighted by Crippen LogP contribution is 2.29. The Kier molecular flexibility index (Phi) is 4.70. The van der Waals surface area contributed by atoms with Gasteiger partial charge in [0.2, 0.25) is 0 Å². The minimum absolute atomic E-state index is 0.0801. The second-order valence-electron chi connectivity index (χ2n) is 4.78. The number of nitrogens with one attached hydrogen (secondary N) is 1. The zero-order valence-corrected chi connectivity index (χ0v) is 11.3. The van der Waals surface area contributed by atoms with Gasteiger partial charge in [-0.1, -0.05) is 26.8 Å². The van der Waals surface area contributed by atoms with E-state index >= 15 is 0 Å². The van der Waals surface area contributed by atoms with Gasteiger partial charge in [0.05, 0.1) is 12.3 Å². The summed E-state index contributed by atoms with van der Waals surface area (Å²) >= 11 is 0. The maximum atomic E-state index is 13.8. The Hall–Kier alpha value is -1.58. The van der Waals surface area contributed by atoms with Gasteiger partial charge in [-0.25, -0.2) is 9.18 Å². The molecule has 4 heteroatoms. The van der Waals surface area contributed by atoms with Crippen LogP contribution in [0.2, 0.25) is 0 Å². The molecule has 0 saturated carbocycles. The quantitative estimate of drug-likeness (QED) is 0.878. The van der Waals surface area contributed by atoms with E-state index in [9.17, 15) is 9.18 Å². The van der Waals surface area contributed by atoms with E-state index in [-0.39, 0.29) is 17.7 Å². The second-order valence-corrected chi connectivity index (χ2v) is 4.78. The number of anilines is 1. The molecule has 18 heavy (non-hydrogen) atoms. The highest BCUT2D eigenvalue weighted by molar-refractivity contribution is 5.84. The number of benzene rings is 1. The van der Waals surface area contributed by atoms with Crippen molar-refractivity contribution in [1.82, 2.24) is 0 Å². The molecule has 0 saturated heterocycles. The van der Waals surface area contributed by atoms with Crippen molar-refractivity contribution < 1.29 is 13.9 Å². The summed E-state index contributed by atoms with van der Waals surface area (Å²) in [4.78, 5) is 11.2. The molecule has 3 nitrogen and oxygen atoms in total. The molecule has 0 spiro atoms. The molecule has 0 fully saturated rings. The third-order valence-corrected chi connectivity index (χ3v) is 3.15. The van der Waals surface area contributed by atoms with Crippen LogP contribution in [0.5, 0.6) is 0 Å². The van der Waals surface area contributed by atoms with E-state index in [4.69, 9.17) is 4.74 Å². The van der Waals surface area contributed by atoms with E-state index in [1.54, 1.807) is 13.0 Å². The third kappa shape index (κ3) is 3.45. The molecule has 0 atom stereocenters. The Bertz CT molecular complexity index is 430. The van der Waals surface area contributed by atoms with Crippen molar-refractivity contribution in [2.75, 3.05) is 11.9 Å². The fraction of sp³-hybridized carbons (Fsp3) is 0.500. The molecular weight excluding hydrogens is 233 g/mol. The number of ether oxygens (including phenoxy) is 1. The molecule has 0 aliphatic rings. The lowest BCUT2D eigenvalue weighted by atomic mass is 9.82. The van der Waals surface area contributed by atoms with Gasteiger partial charge in [-0.2, -0.15) is 0 Å². The first kappa shape index (κ1) is 14.5. The van der Waals surface area contributed by atoms with Crippen molar-refractivity contribution in [2.24, 2.45) is 0 Å². The van der Waals surface area contributed by atoms with Crippen LogP contribution >= 0.6 is 0 Å². The Morgan fingerprint density at radius 2 is 2.06 bits per heavy atom.